The van der Waals surface area contributed by atoms with Gasteiger partial charge in [0, 0.05) is 12.5 Å². The number of rotatable bonds is 4. The molecule has 2 aromatic carbocycles. The maximum absolute atomic E-state index is 10.9. The molecule has 3 rings (SSSR count). The topological polar surface area (TPSA) is 163 Å². The molecule has 1 heterocycles. The second kappa shape index (κ2) is 6.00. The van der Waals surface area contributed by atoms with Crippen molar-refractivity contribution in [3.05, 3.63) is 51.8 Å². The van der Waals surface area contributed by atoms with Gasteiger partial charge in [0.15, 0.2) is 23.1 Å². The minimum Gasteiger partial charge on any atom is -0.504 e. The number of aromatic nitrogens is 2. The van der Waals surface area contributed by atoms with Crippen LogP contribution < -0.4 is 0 Å². The molecule has 0 saturated heterocycles. The van der Waals surface area contributed by atoms with E-state index in [-0.39, 0.29) is 35.2 Å². The number of hydrogen-bond donors (Lipinski definition) is 4. The van der Waals surface area contributed by atoms with Gasteiger partial charge in [-0.25, -0.2) is 0 Å². The monoisotopic (exact) mass is 345 g/mol. The number of nitro groups is 1. The molecule has 3 aromatic rings. The molecular formula is C15H11N3O7. The molecule has 128 valence electrons. The third-order valence-electron chi connectivity index (χ3n) is 3.38. The second-order valence-electron chi connectivity index (χ2n) is 5.14. The van der Waals surface area contributed by atoms with Crippen LogP contribution >= 0.6 is 0 Å². The number of phenolic OH excluding ortho intramolecular Hbond substituents is 4. The van der Waals surface area contributed by atoms with Crippen molar-refractivity contribution >= 4 is 5.69 Å². The molecule has 1 aromatic heterocycles. The van der Waals surface area contributed by atoms with Crippen molar-refractivity contribution in [3.63, 3.8) is 0 Å². The van der Waals surface area contributed by atoms with Gasteiger partial charge in [0.1, 0.15) is 0 Å². The van der Waals surface area contributed by atoms with Crippen LogP contribution in [0.2, 0.25) is 0 Å². The van der Waals surface area contributed by atoms with E-state index in [1.165, 1.54) is 12.1 Å². The molecule has 0 unspecified atom stereocenters. The third-order valence-corrected chi connectivity index (χ3v) is 3.38. The van der Waals surface area contributed by atoms with Crippen LogP contribution in [-0.4, -0.2) is 35.5 Å². The van der Waals surface area contributed by atoms with Gasteiger partial charge in [0.25, 0.3) is 5.89 Å². The summed E-state index contributed by atoms with van der Waals surface area (Å²) in [6, 6.07) is 6.27. The molecular weight excluding hydrogens is 334 g/mol. The van der Waals surface area contributed by atoms with Crippen LogP contribution in [0.1, 0.15) is 11.4 Å². The van der Waals surface area contributed by atoms with Gasteiger partial charge in [-0.05, 0) is 23.8 Å². The lowest BCUT2D eigenvalue weighted by molar-refractivity contribution is -0.385. The lowest BCUT2D eigenvalue weighted by Crippen LogP contribution is -1.92. The van der Waals surface area contributed by atoms with E-state index in [1.54, 1.807) is 6.07 Å². The Morgan fingerprint density at radius 2 is 1.80 bits per heavy atom. The number of aromatic hydroxyl groups is 4. The highest BCUT2D eigenvalue weighted by atomic mass is 16.6. The Morgan fingerprint density at radius 3 is 2.48 bits per heavy atom. The quantitative estimate of drug-likeness (QED) is 0.315. The SMILES string of the molecule is O=[N+]([O-])c1cc(-c2nc(Cc3ccc(O)c(O)c3)no2)cc(O)c1O. The average Bonchev–Trinajstić information content (AvgIpc) is 3.01. The summed E-state index contributed by atoms with van der Waals surface area (Å²) in [4.78, 5) is 14.1. The number of nitro benzene ring substituents is 1. The van der Waals surface area contributed by atoms with Gasteiger partial charge < -0.3 is 24.9 Å². The molecule has 0 amide bonds. The van der Waals surface area contributed by atoms with Crippen LogP contribution in [0.15, 0.2) is 34.9 Å². The maximum Gasteiger partial charge on any atom is 0.315 e. The maximum atomic E-state index is 10.9. The first-order valence-electron chi connectivity index (χ1n) is 6.89. The zero-order valence-electron chi connectivity index (χ0n) is 12.4. The van der Waals surface area contributed by atoms with Gasteiger partial charge in [0.2, 0.25) is 5.75 Å². The molecule has 0 spiro atoms. The van der Waals surface area contributed by atoms with E-state index in [0.717, 1.165) is 12.1 Å². The Kier molecular flexibility index (Phi) is 3.85. The fourth-order valence-corrected chi connectivity index (χ4v) is 2.17. The summed E-state index contributed by atoms with van der Waals surface area (Å²) in [5, 5.41) is 52.4. The van der Waals surface area contributed by atoms with Crippen molar-refractivity contribution in [1.29, 1.82) is 0 Å². The molecule has 0 aliphatic rings. The lowest BCUT2D eigenvalue weighted by Gasteiger charge is -2.01. The Balaban J connectivity index is 1.91. The number of hydrogen-bond acceptors (Lipinski definition) is 9. The normalized spacial score (nSPS) is 10.7. The third kappa shape index (κ3) is 3.13. The van der Waals surface area contributed by atoms with Crippen LogP contribution in [-0.2, 0) is 6.42 Å². The highest BCUT2D eigenvalue weighted by Gasteiger charge is 2.22. The first kappa shape index (κ1) is 16.1. The van der Waals surface area contributed by atoms with Crippen molar-refractivity contribution in [1.82, 2.24) is 10.1 Å². The van der Waals surface area contributed by atoms with E-state index < -0.39 is 22.1 Å². The Hall–Kier alpha value is -3.82. The number of phenols is 4. The van der Waals surface area contributed by atoms with Gasteiger partial charge in [-0.3, -0.25) is 10.1 Å². The van der Waals surface area contributed by atoms with Crippen LogP contribution in [0.4, 0.5) is 5.69 Å². The lowest BCUT2D eigenvalue weighted by atomic mass is 10.1. The van der Waals surface area contributed by atoms with E-state index in [9.17, 15) is 30.5 Å². The predicted molar refractivity (Wildman–Crippen MR) is 82.3 cm³/mol. The Morgan fingerprint density at radius 1 is 1.04 bits per heavy atom. The number of nitrogens with zero attached hydrogens (tertiary/aromatic N) is 3. The standard InChI is InChI=1S/C15H11N3O7/c19-10-2-1-7(3-11(10)20)4-13-16-15(25-17-13)8-5-9(18(23)24)14(22)12(21)6-8/h1-3,5-6,19-22H,4H2. The highest BCUT2D eigenvalue weighted by molar-refractivity contribution is 5.67. The molecule has 0 atom stereocenters. The molecule has 0 fully saturated rings. The van der Waals surface area contributed by atoms with Gasteiger partial charge in [-0.1, -0.05) is 11.2 Å². The first-order chi connectivity index (χ1) is 11.8. The van der Waals surface area contributed by atoms with E-state index in [0.29, 0.717) is 5.56 Å². The van der Waals surface area contributed by atoms with E-state index >= 15 is 0 Å². The fraction of sp³-hybridized carbons (Fsp3) is 0.0667. The molecule has 10 heteroatoms. The van der Waals surface area contributed by atoms with E-state index in [2.05, 4.69) is 10.1 Å². The summed E-state index contributed by atoms with van der Waals surface area (Å²) in [5.41, 5.74) is -0.0327. The van der Waals surface area contributed by atoms with Crippen molar-refractivity contribution in [3.8, 4) is 34.5 Å². The van der Waals surface area contributed by atoms with Crippen molar-refractivity contribution < 1.29 is 29.9 Å². The molecule has 0 bridgehead atoms. The van der Waals surface area contributed by atoms with Crippen LogP contribution in [0.3, 0.4) is 0 Å². The van der Waals surface area contributed by atoms with E-state index in [4.69, 9.17) is 4.52 Å². The fourth-order valence-electron chi connectivity index (χ4n) is 2.17. The van der Waals surface area contributed by atoms with Crippen molar-refractivity contribution in [2.45, 2.75) is 6.42 Å². The van der Waals surface area contributed by atoms with Crippen LogP contribution in [0, 0.1) is 10.1 Å². The zero-order chi connectivity index (χ0) is 18.1. The van der Waals surface area contributed by atoms with Gasteiger partial charge in [-0.2, -0.15) is 4.98 Å². The summed E-state index contributed by atoms with van der Waals surface area (Å²) < 4.78 is 5.02. The van der Waals surface area contributed by atoms with Crippen molar-refractivity contribution in [2.75, 3.05) is 0 Å². The van der Waals surface area contributed by atoms with E-state index in [1.807, 2.05) is 0 Å². The molecule has 25 heavy (non-hydrogen) atoms. The molecule has 0 aliphatic heterocycles. The molecule has 4 N–H and O–H groups in total. The minimum absolute atomic E-state index is 0.0642. The largest absolute Gasteiger partial charge is 0.504 e. The Bertz CT molecular complexity index is 968. The summed E-state index contributed by atoms with van der Waals surface area (Å²) in [6.45, 7) is 0. The van der Waals surface area contributed by atoms with Crippen molar-refractivity contribution in [2.24, 2.45) is 0 Å². The first-order valence-corrected chi connectivity index (χ1v) is 6.89. The summed E-state index contributed by atoms with van der Waals surface area (Å²) in [5.74, 6) is -1.96. The molecule has 0 radical (unpaired) electrons. The molecule has 10 nitrogen and oxygen atoms in total. The van der Waals surface area contributed by atoms with Gasteiger partial charge >= 0.3 is 5.69 Å². The Labute approximate surface area is 139 Å². The highest BCUT2D eigenvalue weighted by Crippen LogP contribution is 2.39. The molecule has 0 aliphatic carbocycles. The smallest absolute Gasteiger partial charge is 0.315 e. The van der Waals surface area contributed by atoms with Gasteiger partial charge in [0.05, 0.1) is 10.5 Å². The average molecular weight is 345 g/mol. The minimum atomic E-state index is -0.854. The summed E-state index contributed by atoms with van der Waals surface area (Å²) in [7, 11) is 0. The second-order valence-corrected chi connectivity index (χ2v) is 5.14. The van der Waals surface area contributed by atoms with Gasteiger partial charge in [-0.15, -0.1) is 0 Å². The molecule has 0 saturated carbocycles. The predicted octanol–water partition coefficient (Wildman–Crippen LogP) is 2.06. The number of benzene rings is 2. The van der Waals surface area contributed by atoms with Crippen LogP contribution in [0.5, 0.6) is 23.0 Å². The zero-order valence-corrected chi connectivity index (χ0v) is 12.4. The summed E-state index contributed by atoms with van der Waals surface area (Å²) in [6.07, 6.45) is 0.170. The van der Waals surface area contributed by atoms with Crippen LogP contribution in [0.25, 0.3) is 11.5 Å². The summed E-state index contributed by atoms with van der Waals surface area (Å²) >= 11 is 0.